The smallest absolute Gasteiger partial charge is 0.273 e. The highest BCUT2D eigenvalue weighted by Gasteiger charge is 2.14. The largest absolute Gasteiger partial charge is 0.496 e. The lowest BCUT2D eigenvalue weighted by atomic mass is 10.1. The van der Waals surface area contributed by atoms with Gasteiger partial charge in [-0.2, -0.15) is 0 Å². The van der Waals surface area contributed by atoms with Crippen LogP contribution in [0.4, 0.5) is 5.69 Å². The van der Waals surface area contributed by atoms with E-state index in [4.69, 9.17) is 4.74 Å². The Hall–Kier alpha value is -1.66. The zero-order chi connectivity index (χ0) is 13.0. The van der Waals surface area contributed by atoms with E-state index in [9.17, 15) is 10.1 Å². The number of methoxy groups -OCH3 is 1. The van der Waals surface area contributed by atoms with E-state index in [1.165, 1.54) is 13.2 Å². The minimum Gasteiger partial charge on any atom is -0.496 e. The maximum Gasteiger partial charge on any atom is 0.273 e. The summed E-state index contributed by atoms with van der Waals surface area (Å²) in [6.07, 6.45) is 0. The molecule has 2 rings (SSSR count). The quantitative estimate of drug-likeness (QED) is 0.639. The number of hydrogen-bond donors (Lipinski definition) is 1. The van der Waals surface area contributed by atoms with Crippen LogP contribution in [0.15, 0.2) is 18.2 Å². The molecule has 1 aromatic carbocycles. The number of rotatable bonds is 4. The van der Waals surface area contributed by atoms with Gasteiger partial charge in [0, 0.05) is 38.8 Å². The summed E-state index contributed by atoms with van der Waals surface area (Å²) in [5.74, 6) is 0.536. The molecule has 0 bridgehead atoms. The van der Waals surface area contributed by atoms with Gasteiger partial charge in [-0.25, -0.2) is 0 Å². The van der Waals surface area contributed by atoms with Crippen molar-refractivity contribution in [1.29, 1.82) is 0 Å². The summed E-state index contributed by atoms with van der Waals surface area (Å²) in [5.41, 5.74) is 1.00. The third-order valence-electron chi connectivity index (χ3n) is 3.01. The molecular weight excluding hydrogens is 234 g/mol. The van der Waals surface area contributed by atoms with Gasteiger partial charge in [-0.1, -0.05) is 0 Å². The summed E-state index contributed by atoms with van der Waals surface area (Å²) in [7, 11) is 1.52. The van der Waals surface area contributed by atoms with Crippen LogP contribution in [0.25, 0.3) is 0 Å². The first kappa shape index (κ1) is 12.8. The molecule has 1 aromatic rings. The van der Waals surface area contributed by atoms with Crippen LogP contribution in [-0.4, -0.2) is 43.1 Å². The molecule has 0 spiro atoms. The van der Waals surface area contributed by atoms with E-state index >= 15 is 0 Å². The Bertz CT molecular complexity index is 431. The average molecular weight is 251 g/mol. The van der Waals surface area contributed by atoms with Gasteiger partial charge in [0.05, 0.1) is 18.1 Å². The first-order valence-electron chi connectivity index (χ1n) is 5.94. The minimum absolute atomic E-state index is 0.0829. The zero-order valence-electron chi connectivity index (χ0n) is 10.4. The molecule has 1 heterocycles. The van der Waals surface area contributed by atoms with Crippen molar-refractivity contribution >= 4 is 5.69 Å². The first-order valence-corrected chi connectivity index (χ1v) is 5.94. The van der Waals surface area contributed by atoms with Gasteiger partial charge in [-0.15, -0.1) is 0 Å². The van der Waals surface area contributed by atoms with Crippen molar-refractivity contribution in [2.75, 3.05) is 33.3 Å². The average Bonchev–Trinajstić information content (AvgIpc) is 2.39. The van der Waals surface area contributed by atoms with Crippen LogP contribution < -0.4 is 10.1 Å². The topological polar surface area (TPSA) is 67.6 Å². The molecule has 0 atom stereocenters. The van der Waals surface area contributed by atoms with Gasteiger partial charge in [0.25, 0.3) is 5.69 Å². The van der Waals surface area contributed by atoms with E-state index < -0.39 is 0 Å². The van der Waals surface area contributed by atoms with Gasteiger partial charge in [-0.3, -0.25) is 15.0 Å². The minimum atomic E-state index is -0.385. The van der Waals surface area contributed by atoms with Crippen LogP contribution in [0.2, 0.25) is 0 Å². The molecule has 1 aliphatic heterocycles. The molecule has 0 saturated carbocycles. The Morgan fingerprint density at radius 3 is 2.72 bits per heavy atom. The first-order chi connectivity index (χ1) is 8.69. The molecule has 6 nitrogen and oxygen atoms in total. The van der Waals surface area contributed by atoms with Gasteiger partial charge in [0.2, 0.25) is 0 Å². The van der Waals surface area contributed by atoms with Crippen molar-refractivity contribution in [3.8, 4) is 5.75 Å². The van der Waals surface area contributed by atoms with Gasteiger partial charge < -0.3 is 10.1 Å². The fourth-order valence-electron chi connectivity index (χ4n) is 2.09. The Labute approximate surface area is 106 Å². The van der Waals surface area contributed by atoms with Gasteiger partial charge >= 0.3 is 0 Å². The van der Waals surface area contributed by atoms with E-state index in [2.05, 4.69) is 10.2 Å². The molecule has 18 heavy (non-hydrogen) atoms. The van der Waals surface area contributed by atoms with E-state index in [0.29, 0.717) is 5.75 Å². The van der Waals surface area contributed by atoms with Gasteiger partial charge in [0.15, 0.2) is 0 Å². The summed E-state index contributed by atoms with van der Waals surface area (Å²) in [6, 6.07) is 4.92. The van der Waals surface area contributed by atoms with E-state index in [0.717, 1.165) is 38.3 Å². The number of ether oxygens (including phenoxy) is 1. The summed E-state index contributed by atoms with van der Waals surface area (Å²) >= 11 is 0. The number of non-ortho nitro benzene ring substituents is 1. The number of benzene rings is 1. The predicted octanol–water partition coefficient (Wildman–Crippen LogP) is 1.01. The van der Waals surface area contributed by atoms with Crippen molar-refractivity contribution in [2.24, 2.45) is 0 Å². The van der Waals surface area contributed by atoms with Crippen LogP contribution in [0.3, 0.4) is 0 Å². The molecule has 0 radical (unpaired) electrons. The van der Waals surface area contributed by atoms with Crippen LogP contribution in [0.1, 0.15) is 5.56 Å². The monoisotopic (exact) mass is 251 g/mol. The van der Waals surface area contributed by atoms with Gasteiger partial charge in [-0.05, 0) is 11.6 Å². The van der Waals surface area contributed by atoms with E-state index in [1.807, 2.05) is 6.07 Å². The number of nitro benzene ring substituents is 1. The Balaban J connectivity index is 2.15. The van der Waals surface area contributed by atoms with Crippen molar-refractivity contribution in [2.45, 2.75) is 6.54 Å². The van der Waals surface area contributed by atoms with Crippen LogP contribution in [0.5, 0.6) is 5.75 Å². The molecule has 1 N–H and O–H groups in total. The summed E-state index contributed by atoms with van der Waals surface area (Å²) in [4.78, 5) is 12.7. The van der Waals surface area contributed by atoms with E-state index in [1.54, 1.807) is 6.07 Å². The van der Waals surface area contributed by atoms with Crippen LogP contribution >= 0.6 is 0 Å². The molecule has 0 amide bonds. The zero-order valence-corrected chi connectivity index (χ0v) is 10.4. The number of piperazine rings is 1. The van der Waals surface area contributed by atoms with Crippen LogP contribution in [0, 0.1) is 10.1 Å². The summed E-state index contributed by atoms with van der Waals surface area (Å²) < 4.78 is 5.10. The van der Waals surface area contributed by atoms with Crippen molar-refractivity contribution in [1.82, 2.24) is 10.2 Å². The second kappa shape index (κ2) is 5.79. The maximum absolute atomic E-state index is 10.8. The van der Waals surface area contributed by atoms with Crippen molar-refractivity contribution in [3.63, 3.8) is 0 Å². The second-order valence-corrected chi connectivity index (χ2v) is 4.32. The normalized spacial score (nSPS) is 16.5. The summed E-state index contributed by atoms with van der Waals surface area (Å²) in [6.45, 7) is 4.58. The fraction of sp³-hybridized carbons (Fsp3) is 0.500. The SMILES string of the molecule is COc1cc(CN2CCNCC2)cc([N+](=O)[O-])c1. The summed E-state index contributed by atoms with van der Waals surface area (Å²) in [5, 5.41) is 14.1. The molecule has 6 heteroatoms. The molecule has 1 saturated heterocycles. The van der Waals surface area contributed by atoms with Gasteiger partial charge in [0.1, 0.15) is 5.75 Å². The Morgan fingerprint density at radius 1 is 1.39 bits per heavy atom. The van der Waals surface area contributed by atoms with Crippen molar-refractivity contribution < 1.29 is 9.66 Å². The molecule has 0 aromatic heterocycles. The number of nitro groups is 1. The maximum atomic E-state index is 10.8. The molecule has 1 fully saturated rings. The molecule has 0 unspecified atom stereocenters. The lowest BCUT2D eigenvalue weighted by Gasteiger charge is -2.27. The lowest BCUT2D eigenvalue weighted by molar-refractivity contribution is -0.385. The fourth-order valence-corrected chi connectivity index (χ4v) is 2.09. The predicted molar refractivity (Wildman–Crippen MR) is 67.8 cm³/mol. The number of hydrogen-bond acceptors (Lipinski definition) is 5. The van der Waals surface area contributed by atoms with E-state index in [-0.39, 0.29) is 10.6 Å². The Kier molecular flexibility index (Phi) is 4.11. The second-order valence-electron chi connectivity index (χ2n) is 4.32. The number of nitrogens with one attached hydrogen (secondary N) is 1. The standard InChI is InChI=1S/C12H17N3O3/c1-18-12-7-10(6-11(8-12)15(16)17)9-14-4-2-13-3-5-14/h6-8,13H,2-5,9H2,1H3. The van der Waals surface area contributed by atoms with Crippen molar-refractivity contribution in [3.05, 3.63) is 33.9 Å². The molecular formula is C12H17N3O3. The molecule has 1 aliphatic rings. The highest BCUT2D eigenvalue weighted by atomic mass is 16.6. The highest BCUT2D eigenvalue weighted by Crippen LogP contribution is 2.23. The van der Waals surface area contributed by atoms with Crippen LogP contribution in [-0.2, 0) is 6.54 Å². The lowest BCUT2D eigenvalue weighted by Crippen LogP contribution is -2.42. The Morgan fingerprint density at radius 2 is 2.11 bits per heavy atom. The molecule has 0 aliphatic carbocycles. The number of nitrogens with zero attached hydrogens (tertiary/aromatic N) is 2. The third kappa shape index (κ3) is 3.18. The molecule has 98 valence electrons. The third-order valence-corrected chi connectivity index (χ3v) is 3.01. The highest BCUT2D eigenvalue weighted by molar-refractivity contribution is 5.42.